The minimum atomic E-state index is 0.344. The maximum atomic E-state index is 8.86. The van der Waals surface area contributed by atoms with E-state index in [0.29, 0.717) is 12.5 Å². The van der Waals surface area contributed by atoms with E-state index in [1.54, 1.807) is 0 Å². The molecule has 0 aromatic heterocycles. The molecule has 0 spiro atoms. The lowest BCUT2D eigenvalue weighted by atomic mass is 9.99. The topological polar surface area (TPSA) is 23.5 Å². The van der Waals surface area contributed by atoms with Crippen LogP contribution in [0.3, 0.4) is 0 Å². The van der Waals surface area contributed by atoms with Gasteiger partial charge in [0.15, 0.2) is 0 Å². The second-order valence-corrected chi connectivity index (χ2v) is 2.99. The molecule has 1 saturated heterocycles. The molecule has 2 heteroatoms. The number of hydrogen-bond acceptors (Lipinski definition) is 2. The average molecular weight is 142 g/mol. The molecule has 1 fully saturated rings. The molecular formula is C8H16NO. The SMILES string of the molecule is [CH2]CN1CCCC(CO)C1. The summed E-state index contributed by atoms with van der Waals surface area (Å²) in [7, 11) is 0. The third-order valence-electron chi connectivity index (χ3n) is 2.18. The van der Waals surface area contributed by atoms with Gasteiger partial charge < -0.3 is 10.0 Å². The Morgan fingerprint density at radius 1 is 1.60 bits per heavy atom. The molecule has 1 rings (SSSR count). The Hall–Kier alpha value is -0.0800. The molecule has 1 aliphatic rings. The largest absolute Gasteiger partial charge is 0.396 e. The van der Waals surface area contributed by atoms with Crippen molar-refractivity contribution in [2.75, 3.05) is 26.2 Å². The van der Waals surface area contributed by atoms with Crippen molar-refractivity contribution in [1.82, 2.24) is 4.90 Å². The van der Waals surface area contributed by atoms with Crippen LogP contribution < -0.4 is 0 Å². The Bertz CT molecular complexity index is 85.3. The van der Waals surface area contributed by atoms with Crippen LogP contribution >= 0.6 is 0 Å². The third kappa shape index (κ3) is 1.96. The maximum Gasteiger partial charge on any atom is 0.0471 e. The molecule has 59 valence electrons. The van der Waals surface area contributed by atoms with Gasteiger partial charge in [0.2, 0.25) is 0 Å². The summed E-state index contributed by atoms with van der Waals surface area (Å²) in [4.78, 5) is 2.30. The Labute approximate surface area is 62.8 Å². The number of likely N-dealkylation sites (tertiary alicyclic amines) is 1. The minimum Gasteiger partial charge on any atom is -0.396 e. The van der Waals surface area contributed by atoms with Crippen LogP contribution in [0.25, 0.3) is 0 Å². The molecule has 0 aliphatic carbocycles. The summed E-state index contributed by atoms with van der Waals surface area (Å²) in [6, 6.07) is 0. The van der Waals surface area contributed by atoms with Gasteiger partial charge in [0.25, 0.3) is 0 Å². The van der Waals surface area contributed by atoms with Gasteiger partial charge in [0, 0.05) is 13.2 Å². The fourth-order valence-corrected chi connectivity index (χ4v) is 1.50. The van der Waals surface area contributed by atoms with E-state index < -0.39 is 0 Å². The zero-order valence-electron chi connectivity index (χ0n) is 6.42. The highest BCUT2D eigenvalue weighted by Crippen LogP contribution is 2.14. The van der Waals surface area contributed by atoms with E-state index in [2.05, 4.69) is 11.8 Å². The molecule has 0 aromatic carbocycles. The number of aliphatic hydroxyl groups excluding tert-OH is 1. The lowest BCUT2D eigenvalue weighted by Gasteiger charge is -2.30. The van der Waals surface area contributed by atoms with Gasteiger partial charge in [0.05, 0.1) is 0 Å². The summed E-state index contributed by atoms with van der Waals surface area (Å²) in [5.74, 6) is 0.510. The Morgan fingerprint density at radius 3 is 3.00 bits per heavy atom. The first kappa shape index (κ1) is 8.02. The van der Waals surface area contributed by atoms with Crippen molar-refractivity contribution in [3.63, 3.8) is 0 Å². The fraction of sp³-hybridized carbons (Fsp3) is 0.875. The summed E-state index contributed by atoms with van der Waals surface area (Å²) in [6.45, 7) is 7.26. The van der Waals surface area contributed by atoms with E-state index in [1.807, 2.05) is 0 Å². The van der Waals surface area contributed by atoms with Crippen LogP contribution in [-0.4, -0.2) is 36.2 Å². The van der Waals surface area contributed by atoms with Crippen molar-refractivity contribution in [2.24, 2.45) is 5.92 Å². The van der Waals surface area contributed by atoms with Crippen LogP contribution in [0.5, 0.6) is 0 Å². The summed E-state index contributed by atoms with van der Waals surface area (Å²) < 4.78 is 0. The molecule has 1 atom stereocenters. The van der Waals surface area contributed by atoms with Crippen molar-refractivity contribution in [1.29, 1.82) is 0 Å². The van der Waals surface area contributed by atoms with Crippen LogP contribution in [0.2, 0.25) is 0 Å². The highest BCUT2D eigenvalue weighted by molar-refractivity contribution is 4.72. The lowest BCUT2D eigenvalue weighted by Crippen LogP contribution is -2.36. The molecule has 2 nitrogen and oxygen atoms in total. The second kappa shape index (κ2) is 3.94. The Morgan fingerprint density at radius 2 is 2.40 bits per heavy atom. The lowest BCUT2D eigenvalue weighted by molar-refractivity contribution is 0.129. The minimum absolute atomic E-state index is 0.344. The molecular weight excluding hydrogens is 126 g/mol. The standard InChI is InChI=1S/C8H16NO/c1-2-9-5-3-4-8(6-9)7-10/h8,10H,1-7H2. The van der Waals surface area contributed by atoms with Gasteiger partial charge in [-0.15, -0.1) is 0 Å². The van der Waals surface area contributed by atoms with Crippen molar-refractivity contribution < 1.29 is 5.11 Å². The van der Waals surface area contributed by atoms with E-state index in [9.17, 15) is 0 Å². The highest BCUT2D eigenvalue weighted by atomic mass is 16.3. The molecule has 1 aliphatic heterocycles. The monoisotopic (exact) mass is 142 g/mol. The first-order valence-electron chi connectivity index (χ1n) is 3.99. The van der Waals surface area contributed by atoms with Crippen molar-refractivity contribution in [2.45, 2.75) is 12.8 Å². The molecule has 10 heavy (non-hydrogen) atoms. The first-order chi connectivity index (χ1) is 4.86. The summed E-state index contributed by atoms with van der Waals surface area (Å²) in [5.41, 5.74) is 0. The van der Waals surface area contributed by atoms with Gasteiger partial charge in [-0.2, -0.15) is 0 Å². The van der Waals surface area contributed by atoms with E-state index in [0.717, 1.165) is 13.1 Å². The molecule has 1 N–H and O–H groups in total. The molecule has 0 aromatic rings. The molecule has 1 radical (unpaired) electrons. The summed E-state index contributed by atoms with van der Waals surface area (Å²) in [5, 5.41) is 8.86. The predicted octanol–water partition coefficient (Wildman–Crippen LogP) is 0.525. The van der Waals surface area contributed by atoms with Crippen LogP contribution in [0.1, 0.15) is 12.8 Å². The smallest absolute Gasteiger partial charge is 0.0471 e. The van der Waals surface area contributed by atoms with Crippen LogP contribution in [0.15, 0.2) is 0 Å². The van der Waals surface area contributed by atoms with Crippen molar-refractivity contribution >= 4 is 0 Å². The van der Waals surface area contributed by atoms with Gasteiger partial charge in [-0.1, -0.05) is 0 Å². The first-order valence-corrected chi connectivity index (χ1v) is 3.99. The molecule has 1 heterocycles. The van der Waals surface area contributed by atoms with Gasteiger partial charge in [-0.05, 0) is 38.8 Å². The Kier molecular flexibility index (Phi) is 3.16. The molecule has 0 amide bonds. The average Bonchev–Trinajstić information content (AvgIpc) is 2.05. The van der Waals surface area contributed by atoms with Gasteiger partial charge in [-0.25, -0.2) is 0 Å². The zero-order chi connectivity index (χ0) is 7.40. The molecule has 0 saturated carbocycles. The van der Waals surface area contributed by atoms with Crippen LogP contribution in [0.4, 0.5) is 0 Å². The van der Waals surface area contributed by atoms with E-state index in [1.165, 1.54) is 19.4 Å². The summed E-state index contributed by atoms with van der Waals surface area (Å²) in [6.07, 6.45) is 2.41. The second-order valence-electron chi connectivity index (χ2n) is 2.99. The van der Waals surface area contributed by atoms with E-state index in [-0.39, 0.29) is 0 Å². The third-order valence-corrected chi connectivity index (χ3v) is 2.18. The predicted molar refractivity (Wildman–Crippen MR) is 41.6 cm³/mol. The number of piperidine rings is 1. The van der Waals surface area contributed by atoms with Crippen LogP contribution in [0, 0.1) is 12.8 Å². The number of aliphatic hydroxyl groups is 1. The van der Waals surface area contributed by atoms with E-state index in [4.69, 9.17) is 5.11 Å². The zero-order valence-corrected chi connectivity index (χ0v) is 6.42. The van der Waals surface area contributed by atoms with E-state index >= 15 is 0 Å². The molecule has 1 unspecified atom stereocenters. The van der Waals surface area contributed by atoms with Gasteiger partial charge in [0.1, 0.15) is 0 Å². The van der Waals surface area contributed by atoms with Gasteiger partial charge >= 0.3 is 0 Å². The maximum absolute atomic E-state index is 8.86. The van der Waals surface area contributed by atoms with Crippen LogP contribution in [-0.2, 0) is 0 Å². The molecule has 0 bridgehead atoms. The summed E-state index contributed by atoms with van der Waals surface area (Å²) >= 11 is 0. The highest BCUT2D eigenvalue weighted by Gasteiger charge is 2.16. The number of nitrogens with zero attached hydrogens (tertiary/aromatic N) is 1. The normalized spacial score (nSPS) is 28.8. The van der Waals surface area contributed by atoms with Gasteiger partial charge in [-0.3, -0.25) is 0 Å². The number of hydrogen-bond donors (Lipinski definition) is 1. The van der Waals surface area contributed by atoms with Crippen molar-refractivity contribution in [3.8, 4) is 0 Å². The Balaban J connectivity index is 2.25. The fourth-order valence-electron chi connectivity index (χ4n) is 1.50. The quantitative estimate of drug-likeness (QED) is 0.607. The van der Waals surface area contributed by atoms with Crippen molar-refractivity contribution in [3.05, 3.63) is 6.92 Å². The number of rotatable bonds is 2.